The van der Waals surface area contributed by atoms with Gasteiger partial charge in [0.15, 0.2) is 5.78 Å². The van der Waals surface area contributed by atoms with E-state index in [2.05, 4.69) is 5.32 Å². The second-order valence-electron chi connectivity index (χ2n) is 5.71. The normalized spacial score (nSPS) is 16.4. The Balaban J connectivity index is 4.62. The molecule has 130 valence electrons. The predicted octanol–water partition coefficient (Wildman–Crippen LogP) is 1.69. The van der Waals surface area contributed by atoms with Crippen molar-refractivity contribution in [3.63, 3.8) is 0 Å². The minimum absolute atomic E-state index is 0.221. The van der Waals surface area contributed by atoms with Crippen LogP contribution in [0.2, 0.25) is 0 Å². The lowest BCUT2D eigenvalue weighted by Crippen LogP contribution is -2.39. The Morgan fingerprint density at radius 3 is 2.22 bits per heavy atom. The topological polar surface area (TPSA) is 104 Å². The Morgan fingerprint density at radius 2 is 1.74 bits per heavy atom. The second kappa shape index (κ2) is 9.94. The number of ketones is 1. The minimum Gasteiger partial charge on any atom is -0.481 e. The van der Waals surface area contributed by atoms with Gasteiger partial charge in [0, 0.05) is 0 Å². The molecule has 0 aromatic carbocycles. The van der Waals surface area contributed by atoms with Crippen molar-refractivity contribution in [3.05, 3.63) is 23.3 Å². The number of Topliss-reactive ketones (excluding diaryl/α,β-unsaturated/α-hetero) is 1. The number of hydrogen-bond donors (Lipinski definition) is 3. The fourth-order valence-electron chi connectivity index (χ4n) is 1.99. The van der Waals surface area contributed by atoms with E-state index >= 15 is 0 Å². The number of nitrogens with one attached hydrogen (secondary N) is 1. The molecule has 0 fully saturated rings. The summed E-state index contributed by atoms with van der Waals surface area (Å²) in [5.74, 6) is -3.23. The van der Waals surface area contributed by atoms with Crippen molar-refractivity contribution >= 4 is 17.7 Å². The third-order valence-corrected chi connectivity index (χ3v) is 3.63. The molecule has 1 unspecified atom stereocenters. The highest BCUT2D eigenvalue weighted by Gasteiger charge is 2.23. The average molecular weight is 325 g/mol. The fraction of sp³-hybridized carbons (Fsp3) is 0.588. The van der Waals surface area contributed by atoms with Crippen molar-refractivity contribution in [2.45, 2.75) is 47.1 Å². The first-order valence-electron chi connectivity index (χ1n) is 7.68. The summed E-state index contributed by atoms with van der Waals surface area (Å²) in [7, 11) is 0. The van der Waals surface area contributed by atoms with Crippen LogP contribution in [0.5, 0.6) is 0 Å². The summed E-state index contributed by atoms with van der Waals surface area (Å²) in [5.41, 5.74) is 1.00. The molecule has 23 heavy (non-hydrogen) atoms. The van der Waals surface area contributed by atoms with Crippen molar-refractivity contribution in [2.75, 3.05) is 6.54 Å². The number of carboxylic acid groups (broad SMARTS) is 1. The van der Waals surface area contributed by atoms with Crippen LogP contribution in [0.15, 0.2) is 23.3 Å². The van der Waals surface area contributed by atoms with Crippen LogP contribution in [0, 0.1) is 11.8 Å². The highest BCUT2D eigenvalue weighted by Crippen LogP contribution is 2.13. The molecule has 6 nitrogen and oxygen atoms in total. The Morgan fingerprint density at radius 1 is 1.17 bits per heavy atom. The van der Waals surface area contributed by atoms with Crippen LogP contribution in [0.3, 0.4) is 0 Å². The maximum Gasteiger partial charge on any atom is 0.310 e. The summed E-state index contributed by atoms with van der Waals surface area (Å²) < 4.78 is 0. The zero-order chi connectivity index (χ0) is 18.2. The number of carboxylic acids is 1. The molecule has 6 heteroatoms. The number of carbonyl (C=O) groups excluding carboxylic acids is 2. The van der Waals surface area contributed by atoms with Crippen LogP contribution < -0.4 is 5.32 Å². The molecule has 0 rings (SSSR count). The van der Waals surface area contributed by atoms with E-state index in [9.17, 15) is 19.5 Å². The lowest BCUT2D eigenvalue weighted by molar-refractivity contribution is -0.139. The molecule has 0 aromatic heterocycles. The Bertz CT molecular complexity index is 507. The van der Waals surface area contributed by atoms with E-state index in [4.69, 9.17) is 5.11 Å². The summed E-state index contributed by atoms with van der Waals surface area (Å²) in [6.07, 6.45) is 3.07. The molecule has 0 aromatic rings. The Kier molecular flexibility index (Phi) is 9.10. The van der Waals surface area contributed by atoms with Crippen molar-refractivity contribution in [1.29, 1.82) is 0 Å². The summed E-state index contributed by atoms with van der Waals surface area (Å²) in [6, 6.07) is 0. The number of aliphatic hydroxyl groups excluding tert-OH is 1. The molecule has 0 aliphatic rings. The van der Waals surface area contributed by atoms with Gasteiger partial charge >= 0.3 is 5.97 Å². The van der Waals surface area contributed by atoms with Gasteiger partial charge in [-0.25, -0.2) is 0 Å². The van der Waals surface area contributed by atoms with Crippen LogP contribution >= 0.6 is 0 Å². The maximum atomic E-state index is 12.0. The van der Waals surface area contributed by atoms with Crippen molar-refractivity contribution < 1.29 is 24.6 Å². The number of carbonyl (C=O) groups is 3. The zero-order valence-corrected chi connectivity index (χ0v) is 14.4. The van der Waals surface area contributed by atoms with Gasteiger partial charge in [0.1, 0.15) is 0 Å². The van der Waals surface area contributed by atoms with Gasteiger partial charge in [-0.15, -0.1) is 0 Å². The minimum atomic E-state index is -1.02. The van der Waals surface area contributed by atoms with Crippen LogP contribution in [0.25, 0.3) is 0 Å². The molecule has 0 aliphatic heterocycles. The molecule has 0 heterocycles. The molecule has 0 saturated heterocycles. The summed E-state index contributed by atoms with van der Waals surface area (Å²) in [4.78, 5) is 34.6. The molecule has 3 N–H and O–H groups in total. The van der Waals surface area contributed by atoms with Crippen molar-refractivity contribution in [1.82, 2.24) is 5.32 Å². The summed E-state index contributed by atoms with van der Waals surface area (Å²) in [6.45, 7) is 8.04. The van der Waals surface area contributed by atoms with E-state index in [1.807, 2.05) is 13.0 Å². The number of allylic oxidation sites excluding steroid dienone is 1. The van der Waals surface area contributed by atoms with Gasteiger partial charge in [-0.1, -0.05) is 26.0 Å². The Hall–Kier alpha value is -1.95. The smallest absolute Gasteiger partial charge is 0.310 e. The van der Waals surface area contributed by atoms with E-state index in [-0.39, 0.29) is 17.9 Å². The van der Waals surface area contributed by atoms with E-state index in [0.717, 1.165) is 6.42 Å². The number of hydrogen-bond acceptors (Lipinski definition) is 4. The number of amides is 1. The SMILES string of the molecule is CC/C=C(\C)[C@H](O)[C@@H](C)C(=O)NCC(=O)/C(C)=C/C(C)C(=O)O. The van der Waals surface area contributed by atoms with Gasteiger partial charge in [-0.2, -0.15) is 0 Å². The van der Waals surface area contributed by atoms with E-state index < -0.39 is 29.8 Å². The van der Waals surface area contributed by atoms with Gasteiger partial charge in [0.2, 0.25) is 5.91 Å². The maximum absolute atomic E-state index is 12.0. The highest BCUT2D eigenvalue weighted by molar-refractivity contribution is 5.98. The monoisotopic (exact) mass is 325 g/mol. The first-order chi connectivity index (χ1) is 10.6. The predicted molar refractivity (Wildman–Crippen MR) is 87.8 cm³/mol. The third kappa shape index (κ3) is 7.23. The van der Waals surface area contributed by atoms with Gasteiger partial charge in [-0.3, -0.25) is 14.4 Å². The summed E-state index contributed by atoms with van der Waals surface area (Å²) in [5, 5.41) is 21.3. The Labute approximate surface area is 137 Å². The van der Waals surface area contributed by atoms with Crippen LogP contribution in [0.4, 0.5) is 0 Å². The first-order valence-corrected chi connectivity index (χ1v) is 7.68. The molecular weight excluding hydrogens is 298 g/mol. The quantitative estimate of drug-likeness (QED) is 0.442. The molecule has 0 radical (unpaired) electrons. The first kappa shape index (κ1) is 21.0. The molecular formula is C17H27NO5. The third-order valence-electron chi connectivity index (χ3n) is 3.63. The van der Waals surface area contributed by atoms with E-state index in [0.29, 0.717) is 5.57 Å². The molecule has 0 bridgehead atoms. The van der Waals surface area contributed by atoms with Gasteiger partial charge < -0.3 is 15.5 Å². The van der Waals surface area contributed by atoms with Gasteiger partial charge in [0.05, 0.1) is 24.5 Å². The largest absolute Gasteiger partial charge is 0.481 e. The average Bonchev–Trinajstić information content (AvgIpc) is 2.50. The lowest BCUT2D eigenvalue weighted by atomic mass is 9.96. The van der Waals surface area contributed by atoms with Crippen LogP contribution in [0.1, 0.15) is 41.0 Å². The van der Waals surface area contributed by atoms with Crippen LogP contribution in [-0.4, -0.2) is 40.5 Å². The van der Waals surface area contributed by atoms with Crippen molar-refractivity contribution in [3.8, 4) is 0 Å². The molecule has 0 saturated carbocycles. The second-order valence-corrected chi connectivity index (χ2v) is 5.71. The van der Waals surface area contributed by atoms with Gasteiger partial charge in [-0.05, 0) is 38.3 Å². The fourth-order valence-corrected chi connectivity index (χ4v) is 1.99. The molecule has 0 aliphatic carbocycles. The van der Waals surface area contributed by atoms with E-state index in [1.54, 1.807) is 13.8 Å². The summed E-state index contributed by atoms with van der Waals surface area (Å²) >= 11 is 0. The molecule has 0 spiro atoms. The molecule has 1 amide bonds. The number of aliphatic carboxylic acids is 1. The lowest BCUT2D eigenvalue weighted by Gasteiger charge is -2.19. The number of rotatable bonds is 9. The van der Waals surface area contributed by atoms with Crippen molar-refractivity contribution in [2.24, 2.45) is 11.8 Å². The standard InChI is InChI=1S/C17H27NO5/c1-6-7-10(2)15(20)13(5)16(21)18-9-14(19)11(3)8-12(4)17(22)23/h7-8,12-13,15,20H,6,9H2,1-5H3,(H,18,21)(H,22,23)/b10-7+,11-8+/t12?,13-,15+/m1/s1. The van der Waals surface area contributed by atoms with Gasteiger partial charge in [0.25, 0.3) is 0 Å². The van der Waals surface area contributed by atoms with Crippen LogP contribution in [-0.2, 0) is 14.4 Å². The highest BCUT2D eigenvalue weighted by atomic mass is 16.4. The number of aliphatic hydroxyl groups is 1. The zero-order valence-electron chi connectivity index (χ0n) is 14.4. The van der Waals surface area contributed by atoms with E-state index in [1.165, 1.54) is 19.9 Å². The molecule has 3 atom stereocenters.